The van der Waals surface area contributed by atoms with Crippen LogP contribution in [0.5, 0.6) is 0 Å². The second-order valence-corrected chi connectivity index (χ2v) is 8.88. The maximum atomic E-state index is 12.8. The van der Waals surface area contributed by atoms with Gasteiger partial charge >= 0.3 is 11.8 Å². The standard InChI is InChI=1S/C29H25N5O2/c30-16-22-11-13-23(14-12-22)18-33-20-31-17-27(33)25(15-21-7-3-1-4-8-21)26-19-34(29(36)28(35)32-26)24-9-5-2-6-10-24/h1-14,17,20,25-26H,15,18-19H2,(H,32,35). The molecule has 0 aliphatic carbocycles. The van der Waals surface area contributed by atoms with Gasteiger partial charge in [-0.05, 0) is 41.8 Å². The first-order valence-corrected chi connectivity index (χ1v) is 11.8. The zero-order chi connectivity index (χ0) is 24.9. The van der Waals surface area contributed by atoms with Crippen molar-refractivity contribution in [2.45, 2.75) is 24.9 Å². The van der Waals surface area contributed by atoms with Crippen LogP contribution >= 0.6 is 0 Å². The summed E-state index contributed by atoms with van der Waals surface area (Å²) >= 11 is 0. The number of hydrogen-bond acceptors (Lipinski definition) is 4. The van der Waals surface area contributed by atoms with Crippen LogP contribution in [0.25, 0.3) is 0 Å². The van der Waals surface area contributed by atoms with Gasteiger partial charge in [0.2, 0.25) is 0 Å². The molecule has 7 nitrogen and oxygen atoms in total. The smallest absolute Gasteiger partial charge is 0.316 e. The normalized spacial score (nSPS) is 16.3. The fraction of sp³-hybridized carbons (Fsp3) is 0.172. The van der Waals surface area contributed by atoms with E-state index in [0.29, 0.717) is 30.8 Å². The Kier molecular flexibility index (Phi) is 6.59. The van der Waals surface area contributed by atoms with Crippen molar-refractivity contribution in [2.75, 3.05) is 11.4 Å². The summed E-state index contributed by atoms with van der Waals surface area (Å²) in [4.78, 5) is 31.6. The number of hydrogen-bond donors (Lipinski definition) is 1. The van der Waals surface area contributed by atoms with Crippen LogP contribution in [0.15, 0.2) is 97.5 Å². The minimum atomic E-state index is -0.605. The van der Waals surface area contributed by atoms with Gasteiger partial charge in [-0.15, -0.1) is 0 Å². The Labute approximate surface area is 209 Å². The summed E-state index contributed by atoms with van der Waals surface area (Å²) < 4.78 is 2.07. The maximum Gasteiger partial charge on any atom is 0.316 e. The Morgan fingerprint density at radius 3 is 2.33 bits per heavy atom. The second kappa shape index (κ2) is 10.3. The summed E-state index contributed by atoms with van der Waals surface area (Å²) in [5.74, 6) is -1.29. The Hall–Kier alpha value is -4.70. The fourth-order valence-corrected chi connectivity index (χ4v) is 4.71. The predicted octanol–water partition coefficient (Wildman–Crippen LogP) is 3.66. The van der Waals surface area contributed by atoms with Crippen LogP contribution in [0.1, 0.15) is 28.3 Å². The number of aromatic nitrogens is 2. The summed E-state index contributed by atoms with van der Waals surface area (Å²) in [7, 11) is 0. The van der Waals surface area contributed by atoms with Crippen molar-refractivity contribution in [2.24, 2.45) is 0 Å². The molecular weight excluding hydrogens is 450 g/mol. The van der Waals surface area contributed by atoms with Crippen molar-refractivity contribution < 1.29 is 9.59 Å². The number of imidazole rings is 1. The van der Waals surface area contributed by atoms with Gasteiger partial charge in [-0.3, -0.25) is 9.59 Å². The van der Waals surface area contributed by atoms with E-state index in [1.807, 2.05) is 66.9 Å². The van der Waals surface area contributed by atoms with E-state index < -0.39 is 11.8 Å². The number of nitrogens with one attached hydrogen (secondary N) is 1. The highest BCUT2D eigenvalue weighted by atomic mass is 16.2. The highest BCUT2D eigenvalue weighted by Crippen LogP contribution is 2.29. The summed E-state index contributed by atoms with van der Waals surface area (Å²) in [6, 6.07) is 28.7. The number of nitrogens with zero attached hydrogens (tertiary/aromatic N) is 4. The molecule has 1 N–H and O–H groups in total. The van der Waals surface area contributed by atoms with Crippen molar-refractivity contribution in [3.63, 3.8) is 0 Å². The van der Waals surface area contributed by atoms with E-state index in [2.05, 4.69) is 33.1 Å². The molecule has 2 amide bonds. The van der Waals surface area contributed by atoms with Crippen molar-refractivity contribution in [1.29, 1.82) is 5.26 Å². The Bertz CT molecular complexity index is 1390. The number of amides is 2. The van der Waals surface area contributed by atoms with Crippen molar-refractivity contribution >= 4 is 17.5 Å². The summed E-state index contributed by atoms with van der Waals surface area (Å²) in [5, 5.41) is 12.1. The van der Waals surface area contributed by atoms with Gasteiger partial charge in [-0.1, -0.05) is 60.7 Å². The van der Waals surface area contributed by atoms with Gasteiger partial charge in [-0.2, -0.15) is 5.26 Å². The molecule has 7 heteroatoms. The van der Waals surface area contributed by atoms with Crippen LogP contribution < -0.4 is 10.2 Å². The van der Waals surface area contributed by atoms with E-state index in [0.717, 1.165) is 16.8 Å². The second-order valence-electron chi connectivity index (χ2n) is 8.88. The lowest BCUT2D eigenvalue weighted by molar-refractivity contribution is -0.139. The van der Waals surface area contributed by atoms with Gasteiger partial charge in [-0.25, -0.2) is 4.98 Å². The number of para-hydroxylation sites is 1. The molecule has 2 unspecified atom stereocenters. The van der Waals surface area contributed by atoms with Gasteiger partial charge in [0.25, 0.3) is 0 Å². The van der Waals surface area contributed by atoms with Gasteiger partial charge < -0.3 is 14.8 Å². The molecule has 0 bridgehead atoms. The minimum absolute atomic E-state index is 0.128. The molecule has 2 heterocycles. The number of carbonyl (C=O) groups excluding carboxylic acids is 2. The first-order chi connectivity index (χ1) is 17.6. The molecule has 178 valence electrons. The average molecular weight is 476 g/mol. The molecule has 1 aliphatic rings. The molecule has 0 saturated carbocycles. The minimum Gasteiger partial charge on any atom is -0.343 e. The third-order valence-corrected chi connectivity index (χ3v) is 6.55. The molecule has 0 spiro atoms. The fourth-order valence-electron chi connectivity index (χ4n) is 4.71. The zero-order valence-electron chi connectivity index (χ0n) is 19.6. The molecule has 5 rings (SSSR count). The lowest BCUT2D eigenvalue weighted by Crippen LogP contribution is -2.60. The molecule has 1 fully saturated rings. The van der Waals surface area contributed by atoms with E-state index in [-0.39, 0.29) is 12.0 Å². The van der Waals surface area contributed by atoms with Crippen LogP contribution in [0.4, 0.5) is 5.69 Å². The van der Waals surface area contributed by atoms with Crippen LogP contribution in [-0.2, 0) is 22.6 Å². The summed E-state index contributed by atoms with van der Waals surface area (Å²) in [5.41, 5.74) is 4.46. The molecule has 36 heavy (non-hydrogen) atoms. The van der Waals surface area contributed by atoms with Crippen molar-refractivity contribution in [3.8, 4) is 6.07 Å². The maximum absolute atomic E-state index is 12.8. The number of nitriles is 1. The lowest BCUT2D eigenvalue weighted by atomic mass is 9.87. The zero-order valence-corrected chi connectivity index (χ0v) is 19.6. The average Bonchev–Trinajstić information content (AvgIpc) is 3.38. The van der Waals surface area contributed by atoms with Crippen LogP contribution in [0.3, 0.4) is 0 Å². The molecule has 0 radical (unpaired) electrons. The topological polar surface area (TPSA) is 91.0 Å². The molecular formula is C29H25N5O2. The van der Waals surface area contributed by atoms with Crippen molar-refractivity contribution in [1.82, 2.24) is 14.9 Å². The molecule has 1 saturated heterocycles. The Morgan fingerprint density at radius 1 is 0.944 bits per heavy atom. The highest BCUT2D eigenvalue weighted by molar-refractivity contribution is 6.41. The van der Waals surface area contributed by atoms with Gasteiger partial charge in [0.1, 0.15) is 0 Å². The number of anilines is 1. The third-order valence-electron chi connectivity index (χ3n) is 6.55. The van der Waals surface area contributed by atoms with Gasteiger partial charge in [0, 0.05) is 36.6 Å². The molecule has 1 aliphatic heterocycles. The van der Waals surface area contributed by atoms with Gasteiger partial charge in [0.05, 0.1) is 24.0 Å². The number of rotatable bonds is 7. The molecule has 1 aromatic heterocycles. The molecule has 4 aromatic rings. The van der Waals surface area contributed by atoms with E-state index in [4.69, 9.17) is 5.26 Å². The van der Waals surface area contributed by atoms with Crippen LogP contribution in [0.2, 0.25) is 0 Å². The van der Waals surface area contributed by atoms with E-state index in [9.17, 15) is 9.59 Å². The molecule has 3 aromatic carbocycles. The quantitative estimate of drug-likeness (QED) is 0.413. The van der Waals surface area contributed by atoms with E-state index in [1.54, 1.807) is 23.4 Å². The SMILES string of the molecule is N#Cc1ccc(Cn2cncc2C(Cc2ccccc2)C2CN(c3ccccc3)C(=O)C(=O)N2)cc1. The van der Waals surface area contributed by atoms with E-state index >= 15 is 0 Å². The van der Waals surface area contributed by atoms with Crippen LogP contribution in [0, 0.1) is 11.3 Å². The number of carbonyl (C=O) groups is 2. The molecule has 2 atom stereocenters. The first-order valence-electron chi connectivity index (χ1n) is 11.8. The Morgan fingerprint density at radius 2 is 1.64 bits per heavy atom. The monoisotopic (exact) mass is 475 g/mol. The third kappa shape index (κ3) is 4.89. The predicted molar refractivity (Wildman–Crippen MR) is 136 cm³/mol. The summed E-state index contributed by atoms with van der Waals surface area (Å²) in [6.07, 6.45) is 4.30. The lowest BCUT2D eigenvalue weighted by Gasteiger charge is -2.37. The van der Waals surface area contributed by atoms with Gasteiger partial charge in [0.15, 0.2) is 0 Å². The van der Waals surface area contributed by atoms with Crippen LogP contribution in [-0.4, -0.2) is 34.0 Å². The largest absolute Gasteiger partial charge is 0.343 e. The van der Waals surface area contributed by atoms with E-state index in [1.165, 1.54) is 0 Å². The summed E-state index contributed by atoms with van der Waals surface area (Å²) in [6.45, 7) is 0.933. The number of benzene rings is 3. The van der Waals surface area contributed by atoms with Crippen molar-refractivity contribution in [3.05, 3.63) is 120 Å². The highest BCUT2D eigenvalue weighted by Gasteiger charge is 2.38. The number of piperazine rings is 1. The first kappa shape index (κ1) is 23.1. The Balaban J connectivity index is 1.49.